The van der Waals surface area contributed by atoms with Crippen molar-refractivity contribution in [3.8, 4) is 0 Å². The Kier molecular flexibility index (Phi) is 8.10. The van der Waals surface area contributed by atoms with E-state index in [0.717, 1.165) is 11.8 Å². The number of thioether (sulfide) groups is 1. The van der Waals surface area contributed by atoms with Gasteiger partial charge in [-0.1, -0.05) is 11.8 Å². The fourth-order valence-electron chi connectivity index (χ4n) is 3.24. The van der Waals surface area contributed by atoms with Gasteiger partial charge < -0.3 is 39.7 Å². The Morgan fingerprint density at radius 3 is 2.83 bits per heavy atom. The Morgan fingerprint density at radius 1 is 1.49 bits per heavy atom. The third-order valence-electron chi connectivity index (χ3n) is 5.37. The second-order valence-corrected chi connectivity index (χ2v) is 11.2. The number of aromatic amines is 1. The maximum absolute atomic E-state index is 12.1. The van der Waals surface area contributed by atoms with Crippen LogP contribution >= 0.6 is 19.6 Å². The molecule has 0 radical (unpaired) electrons. The fraction of sp³-hybridized carbons (Fsp3) is 0.667. The summed E-state index contributed by atoms with van der Waals surface area (Å²) >= 11 is 0.809. The first-order valence-corrected chi connectivity index (χ1v) is 12.8. The molecule has 6 N–H and O–H groups in total. The molecule has 1 aliphatic heterocycles. The van der Waals surface area contributed by atoms with E-state index < -0.39 is 49.4 Å². The predicted molar refractivity (Wildman–Crippen MR) is 121 cm³/mol. The molecule has 15 nitrogen and oxygen atoms in total. The average Bonchev–Trinajstić information content (AvgIpc) is 3.28. The van der Waals surface area contributed by atoms with Crippen molar-refractivity contribution in [1.29, 1.82) is 0 Å². The summed E-state index contributed by atoms with van der Waals surface area (Å²) in [5.74, 6) is -0.202. The SMILES string of the molecule is CC(C)(CO)C(=O)SCCOP(=O)([O-])OC[C@H]1O[C@@H](n2cnc3c(=O)[nH]c(N)nc32)C(C)(O)C1O. The third-order valence-corrected chi connectivity index (χ3v) is 7.52. The van der Waals surface area contributed by atoms with Gasteiger partial charge in [0.15, 0.2) is 22.5 Å². The van der Waals surface area contributed by atoms with Gasteiger partial charge in [-0.15, -0.1) is 0 Å². The molecule has 2 aromatic rings. The first-order chi connectivity index (χ1) is 16.2. The van der Waals surface area contributed by atoms with E-state index in [0.29, 0.717) is 0 Å². The number of fused-ring (bicyclic) bond motifs is 1. The Hall–Kier alpha value is -1.88. The highest BCUT2D eigenvalue weighted by Gasteiger charge is 2.53. The minimum absolute atomic E-state index is 0.000157. The molecule has 17 heteroatoms. The van der Waals surface area contributed by atoms with Crippen LogP contribution < -0.4 is 16.2 Å². The molecule has 0 bridgehead atoms. The van der Waals surface area contributed by atoms with E-state index in [1.807, 2.05) is 0 Å². The number of hydrogen-bond acceptors (Lipinski definition) is 14. The van der Waals surface area contributed by atoms with Gasteiger partial charge in [0.2, 0.25) is 5.95 Å². The maximum atomic E-state index is 12.1. The number of aromatic nitrogens is 4. The number of ether oxygens (including phenoxy) is 1. The molecule has 5 atom stereocenters. The Labute approximate surface area is 203 Å². The van der Waals surface area contributed by atoms with Crippen molar-refractivity contribution in [3.63, 3.8) is 0 Å². The second kappa shape index (κ2) is 10.2. The number of anilines is 1. The van der Waals surface area contributed by atoms with E-state index in [1.165, 1.54) is 17.8 Å². The van der Waals surface area contributed by atoms with Crippen LogP contribution in [-0.2, 0) is 23.1 Å². The maximum Gasteiger partial charge on any atom is 0.280 e. The number of carbonyl (C=O) groups excluding carboxylic acids is 1. The number of rotatable bonds is 10. The number of carbonyl (C=O) groups is 1. The average molecular weight is 536 g/mol. The van der Waals surface area contributed by atoms with Crippen molar-refractivity contribution in [2.75, 3.05) is 31.3 Å². The van der Waals surface area contributed by atoms with Crippen molar-refractivity contribution in [1.82, 2.24) is 19.5 Å². The number of imidazole rings is 1. The third kappa shape index (κ3) is 5.93. The number of aliphatic hydroxyl groups excluding tert-OH is 2. The second-order valence-electron chi connectivity index (χ2n) is 8.73. The molecule has 3 heterocycles. The smallest absolute Gasteiger partial charge is 0.280 e. The number of nitrogens with two attached hydrogens (primary N) is 1. The predicted octanol–water partition coefficient (Wildman–Crippen LogP) is -1.51. The molecule has 1 fully saturated rings. The Morgan fingerprint density at radius 2 is 2.17 bits per heavy atom. The number of nitrogens with one attached hydrogen (secondary N) is 1. The fourth-order valence-corrected chi connectivity index (χ4v) is 4.89. The number of hydrogen-bond donors (Lipinski definition) is 5. The van der Waals surface area contributed by atoms with Crippen LogP contribution in [-0.4, -0.2) is 83.3 Å². The van der Waals surface area contributed by atoms with Crippen LogP contribution in [0, 0.1) is 5.41 Å². The van der Waals surface area contributed by atoms with E-state index in [-0.39, 0.29) is 41.2 Å². The molecular formula is C18H27N5O10PS-. The highest BCUT2D eigenvalue weighted by atomic mass is 32.2. The van der Waals surface area contributed by atoms with E-state index >= 15 is 0 Å². The molecule has 196 valence electrons. The molecule has 0 amide bonds. The Bertz CT molecular complexity index is 1180. The van der Waals surface area contributed by atoms with E-state index in [1.54, 1.807) is 13.8 Å². The highest BCUT2D eigenvalue weighted by Crippen LogP contribution is 2.43. The molecular weight excluding hydrogens is 509 g/mol. The summed E-state index contributed by atoms with van der Waals surface area (Å²) < 4.78 is 28.4. The van der Waals surface area contributed by atoms with Crippen LogP contribution in [0.15, 0.2) is 11.1 Å². The molecule has 3 unspecified atom stereocenters. The minimum Gasteiger partial charge on any atom is -0.756 e. The lowest BCUT2D eigenvalue weighted by Crippen LogP contribution is -2.44. The van der Waals surface area contributed by atoms with Gasteiger partial charge >= 0.3 is 0 Å². The molecule has 0 spiro atoms. The molecule has 1 saturated heterocycles. The van der Waals surface area contributed by atoms with Crippen LogP contribution in [0.2, 0.25) is 0 Å². The number of nitrogen functional groups attached to an aromatic ring is 1. The van der Waals surface area contributed by atoms with Crippen molar-refractivity contribution < 1.29 is 43.4 Å². The van der Waals surface area contributed by atoms with Crippen molar-refractivity contribution in [2.45, 2.75) is 44.8 Å². The highest BCUT2D eigenvalue weighted by molar-refractivity contribution is 8.13. The zero-order chi connectivity index (χ0) is 26.2. The van der Waals surface area contributed by atoms with Crippen LogP contribution in [0.3, 0.4) is 0 Å². The van der Waals surface area contributed by atoms with Gasteiger partial charge in [-0.2, -0.15) is 4.98 Å². The summed E-state index contributed by atoms with van der Waals surface area (Å²) in [5.41, 5.74) is 1.94. The van der Waals surface area contributed by atoms with Crippen LogP contribution in [0.1, 0.15) is 27.0 Å². The summed E-state index contributed by atoms with van der Waals surface area (Å²) in [5, 5.41) is 30.2. The number of phosphoric ester groups is 1. The van der Waals surface area contributed by atoms with Gasteiger partial charge in [-0.05, 0) is 20.8 Å². The van der Waals surface area contributed by atoms with E-state index in [4.69, 9.17) is 19.5 Å². The molecule has 0 aliphatic carbocycles. The molecule has 2 aromatic heterocycles. The molecule has 0 saturated carbocycles. The summed E-state index contributed by atoms with van der Waals surface area (Å²) in [6.45, 7) is 2.94. The summed E-state index contributed by atoms with van der Waals surface area (Å²) in [6.07, 6.45) is -3.05. The summed E-state index contributed by atoms with van der Waals surface area (Å²) in [4.78, 5) is 46.2. The lowest BCUT2D eigenvalue weighted by atomic mass is 9.96. The first kappa shape index (κ1) is 27.7. The first-order valence-electron chi connectivity index (χ1n) is 10.4. The zero-order valence-electron chi connectivity index (χ0n) is 19.1. The molecule has 0 aromatic carbocycles. The van der Waals surface area contributed by atoms with Gasteiger partial charge in [0, 0.05) is 5.75 Å². The van der Waals surface area contributed by atoms with Crippen molar-refractivity contribution in [2.24, 2.45) is 5.41 Å². The number of H-pyrrole nitrogens is 1. The summed E-state index contributed by atoms with van der Waals surface area (Å²) in [6, 6.07) is 0. The normalized spacial score (nSPS) is 26.8. The lowest BCUT2D eigenvalue weighted by Gasteiger charge is -2.27. The Balaban J connectivity index is 1.61. The molecule has 3 rings (SSSR count). The monoisotopic (exact) mass is 536 g/mol. The number of nitrogens with zero attached hydrogens (tertiary/aromatic N) is 3. The van der Waals surface area contributed by atoms with Gasteiger partial charge in [-0.3, -0.25) is 23.7 Å². The quantitative estimate of drug-likeness (QED) is 0.171. The standard InChI is InChI=1S/C18H28N5O10PS/c1-17(2,7-24)15(27)35-5-4-31-34(29,30)32-6-9-11(25)18(3,28)14(33-9)23-8-20-10-12(23)21-16(19)22-13(10)26/h8-9,11,14,24-25,28H,4-7H2,1-3H3,(H,29,30)(H3,19,21,22,26)/p-1/t9-,11?,14-,18?/m1/s1. The van der Waals surface area contributed by atoms with Crippen molar-refractivity contribution in [3.05, 3.63) is 16.7 Å². The topological polar surface area (TPSA) is 235 Å². The number of aliphatic hydroxyl groups is 3. The minimum atomic E-state index is -4.84. The molecule has 1 aliphatic rings. The van der Waals surface area contributed by atoms with E-state index in [9.17, 15) is 34.4 Å². The van der Waals surface area contributed by atoms with Gasteiger partial charge in [0.1, 0.15) is 17.8 Å². The molecule has 35 heavy (non-hydrogen) atoms. The van der Waals surface area contributed by atoms with Gasteiger partial charge in [0.25, 0.3) is 13.4 Å². The summed E-state index contributed by atoms with van der Waals surface area (Å²) in [7, 11) is -4.84. The van der Waals surface area contributed by atoms with Crippen LogP contribution in [0.4, 0.5) is 5.95 Å². The van der Waals surface area contributed by atoms with Crippen molar-refractivity contribution >= 4 is 41.8 Å². The van der Waals surface area contributed by atoms with Crippen LogP contribution in [0.25, 0.3) is 11.2 Å². The number of phosphoric acid groups is 1. The largest absolute Gasteiger partial charge is 0.756 e. The van der Waals surface area contributed by atoms with E-state index in [2.05, 4.69) is 15.0 Å². The van der Waals surface area contributed by atoms with Gasteiger partial charge in [-0.25, -0.2) is 4.98 Å². The zero-order valence-corrected chi connectivity index (χ0v) is 20.8. The van der Waals surface area contributed by atoms with Gasteiger partial charge in [0.05, 0.1) is 31.6 Å². The lowest BCUT2D eigenvalue weighted by molar-refractivity contribution is -0.228. The van der Waals surface area contributed by atoms with Crippen LogP contribution in [0.5, 0.6) is 0 Å².